The molecule has 2 heterocycles. The molecule has 0 saturated carbocycles. The third-order valence-corrected chi connectivity index (χ3v) is 3.68. The van der Waals surface area contributed by atoms with Crippen molar-refractivity contribution in [1.82, 2.24) is 20.1 Å². The van der Waals surface area contributed by atoms with Crippen molar-refractivity contribution in [3.05, 3.63) is 66.5 Å². The molecule has 128 valence electrons. The summed E-state index contributed by atoms with van der Waals surface area (Å²) in [5.41, 5.74) is 2.65. The summed E-state index contributed by atoms with van der Waals surface area (Å²) in [5.74, 6) is 0.574. The standard InChI is InChI=1S/C19H20N4O2/c1-15-6-2-3-8-18(15)25-14-19(24)21-11-13-23-12-9-17(22-23)16-7-4-5-10-20-16/h2-10,12H,11,13-14H2,1H3,(H,21,24). The van der Waals surface area contributed by atoms with E-state index in [4.69, 9.17) is 4.74 Å². The van der Waals surface area contributed by atoms with E-state index in [2.05, 4.69) is 15.4 Å². The summed E-state index contributed by atoms with van der Waals surface area (Å²) < 4.78 is 7.30. The molecule has 0 atom stereocenters. The van der Waals surface area contributed by atoms with Crippen LogP contribution in [0, 0.1) is 6.92 Å². The quantitative estimate of drug-likeness (QED) is 0.719. The maximum absolute atomic E-state index is 11.9. The lowest BCUT2D eigenvalue weighted by molar-refractivity contribution is -0.123. The first kappa shape index (κ1) is 16.7. The van der Waals surface area contributed by atoms with Gasteiger partial charge in [-0.25, -0.2) is 0 Å². The van der Waals surface area contributed by atoms with Crippen molar-refractivity contribution in [3.8, 4) is 17.1 Å². The van der Waals surface area contributed by atoms with Gasteiger partial charge >= 0.3 is 0 Å². The number of nitrogens with zero attached hydrogens (tertiary/aromatic N) is 3. The number of carbonyl (C=O) groups is 1. The molecule has 0 unspecified atom stereocenters. The van der Waals surface area contributed by atoms with Crippen molar-refractivity contribution in [2.75, 3.05) is 13.2 Å². The molecular formula is C19H20N4O2. The molecule has 0 aliphatic rings. The summed E-state index contributed by atoms with van der Waals surface area (Å²) in [6.45, 7) is 3.02. The zero-order chi connectivity index (χ0) is 17.5. The molecule has 0 spiro atoms. The fraction of sp³-hybridized carbons (Fsp3) is 0.211. The van der Waals surface area contributed by atoms with Gasteiger partial charge in [0.2, 0.25) is 0 Å². The van der Waals surface area contributed by atoms with Crippen molar-refractivity contribution in [3.63, 3.8) is 0 Å². The monoisotopic (exact) mass is 336 g/mol. The van der Waals surface area contributed by atoms with E-state index in [-0.39, 0.29) is 12.5 Å². The van der Waals surface area contributed by atoms with Gasteiger partial charge in [0, 0.05) is 18.9 Å². The van der Waals surface area contributed by atoms with Crippen molar-refractivity contribution in [1.29, 1.82) is 0 Å². The van der Waals surface area contributed by atoms with E-state index in [1.165, 1.54) is 0 Å². The second-order valence-corrected chi connectivity index (χ2v) is 5.58. The highest BCUT2D eigenvalue weighted by molar-refractivity contribution is 5.77. The van der Waals surface area contributed by atoms with E-state index in [0.29, 0.717) is 13.1 Å². The Kier molecular flexibility index (Phi) is 5.41. The second-order valence-electron chi connectivity index (χ2n) is 5.58. The molecular weight excluding hydrogens is 316 g/mol. The number of para-hydroxylation sites is 1. The minimum Gasteiger partial charge on any atom is -0.484 e. The van der Waals surface area contributed by atoms with Gasteiger partial charge in [0.25, 0.3) is 5.91 Å². The predicted octanol–water partition coefficient (Wildman–Crippen LogP) is 2.45. The van der Waals surface area contributed by atoms with Gasteiger partial charge < -0.3 is 10.1 Å². The maximum Gasteiger partial charge on any atom is 0.258 e. The number of aryl methyl sites for hydroxylation is 1. The molecule has 1 N–H and O–H groups in total. The Morgan fingerprint density at radius 2 is 1.96 bits per heavy atom. The van der Waals surface area contributed by atoms with Crippen molar-refractivity contribution in [2.45, 2.75) is 13.5 Å². The lowest BCUT2D eigenvalue weighted by atomic mass is 10.2. The molecule has 0 bridgehead atoms. The van der Waals surface area contributed by atoms with Crippen LogP contribution in [0.15, 0.2) is 60.9 Å². The van der Waals surface area contributed by atoms with E-state index >= 15 is 0 Å². The fourth-order valence-corrected chi connectivity index (χ4v) is 2.36. The van der Waals surface area contributed by atoms with Gasteiger partial charge in [-0.05, 0) is 36.8 Å². The summed E-state index contributed by atoms with van der Waals surface area (Å²) in [5, 5.41) is 7.28. The topological polar surface area (TPSA) is 69.0 Å². The summed E-state index contributed by atoms with van der Waals surface area (Å²) in [7, 11) is 0. The maximum atomic E-state index is 11.9. The third kappa shape index (κ3) is 4.67. The number of nitrogens with one attached hydrogen (secondary N) is 1. The normalized spacial score (nSPS) is 10.4. The minimum atomic E-state index is -0.152. The Labute approximate surface area is 146 Å². The van der Waals surface area contributed by atoms with Gasteiger partial charge in [-0.15, -0.1) is 0 Å². The average molecular weight is 336 g/mol. The summed E-state index contributed by atoms with van der Waals surface area (Å²) in [4.78, 5) is 16.1. The van der Waals surface area contributed by atoms with Crippen LogP contribution in [0.3, 0.4) is 0 Å². The number of pyridine rings is 1. The Morgan fingerprint density at radius 3 is 2.76 bits per heavy atom. The molecule has 0 saturated heterocycles. The molecule has 0 fully saturated rings. The molecule has 1 aromatic carbocycles. The van der Waals surface area contributed by atoms with E-state index in [0.717, 1.165) is 22.7 Å². The van der Waals surface area contributed by atoms with Crippen LogP contribution in [0.1, 0.15) is 5.56 Å². The largest absolute Gasteiger partial charge is 0.484 e. The molecule has 3 rings (SSSR count). The summed E-state index contributed by atoms with van der Waals surface area (Å²) >= 11 is 0. The molecule has 0 aliphatic carbocycles. The zero-order valence-electron chi connectivity index (χ0n) is 14.1. The molecule has 1 amide bonds. The van der Waals surface area contributed by atoms with Crippen LogP contribution in [0.25, 0.3) is 11.4 Å². The average Bonchev–Trinajstić information content (AvgIpc) is 3.11. The lowest BCUT2D eigenvalue weighted by Gasteiger charge is -2.09. The van der Waals surface area contributed by atoms with E-state index in [1.807, 2.05) is 61.7 Å². The Hall–Kier alpha value is -3.15. The number of ether oxygens (including phenoxy) is 1. The first-order valence-electron chi connectivity index (χ1n) is 8.12. The molecule has 2 aromatic heterocycles. The first-order valence-corrected chi connectivity index (χ1v) is 8.12. The number of amides is 1. The van der Waals surface area contributed by atoms with Gasteiger partial charge in [-0.1, -0.05) is 24.3 Å². The van der Waals surface area contributed by atoms with E-state index in [9.17, 15) is 4.79 Å². The Bertz CT molecular complexity index is 830. The molecule has 25 heavy (non-hydrogen) atoms. The van der Waals surface area contributed by atoms with Gasteiger partial charge in [0.1, 0.15) is 11.4 Å². The molecule has 0 aliphatic heterocycles. The number of hydrogen-bond acceptors (Lipinski definition) is 4. The van der Waals surface area contributed by atoms with Crippen LogP contribution < -0.4 is 10.1 Å². The molecule has 0 radical (unpaired) electrons. The van der Waals surface area contributed by atoms with Crippen LogP contribution in [-0.4, -0.2) is 33.8 Å². The van der Waals surface area contributed by atoms with Crippen LogP contribution in [0.2, 0.25) is 0 Å². The van der Waals surface area contributed by atoms with Crippen molar-refractivity contribution in [2.24, 2.45) is 0 Å². The number of benzene rings is 1. The molecule has 6 heteroatoms. The van der Waals surface area contributed by atoms with Crippen LogP contribution in [0.5, 0.6) is 5.75 Å². The van der Waals surface area contributed by atoms with Gasteiger partial charge in [-0.2, -0.15) is 5.10 Å². The zero-order valence-corrected chi connectivity index (χ0v) is 14.1. The molecule has 6 nitrogen and oxygen atoms in total. The van der Waals surface area contributed by atoms with E-state index < -0.39 is 0 Å². The molecule has 3 aromatic rings. The fourth-order valence-electron chi connectivity index (χ4n) is 2.36. The van der Waals surface area contributed by atoms with E-state index in [1.54, 1.807) is 10.9 Å². The summed E-state index contributed by atoms with van der Waals surface area (Å²) in [6, 6.07) is 15.2. The Morgan fingerprint density at radius 1 is 1.12 bits per heavy atom. The lowest BCUT2D eigenvalue weighted by Crippen LogP contribution is -2.31. The number of aromatic nitrogens is 3. The SMILES string of the molecule is Cc1ccccc1OCC(=O)NCCn1ccc(-c2ccccn2)n1. The highest BCUT2D eigenvalue weighted by Gasteiger charge is 2.05. The van der Waals surface area contributed by atoms with Gasteiger partial charge in [0.15, 0.2) is 6.61 Å². The van der Waals surface area contributed by atoms with Crippen LogP contribution in [0.4, 0.5) is 0 Å². The number of hydrogen-bond donors (Lipinski definition) is 1. The van der Waals surface area contributed by atoms with Crippen molar-refractivity contribution >= 4 is 5.91 Å². The smallest absolute Gasteiger partial charge is 0.258 e. The first-order chi connectivity index (χ1) is 12.2. The minimum absolute atomic E-state index is 0.00312. The summed E-state index contributed by atoms with van der Waals surface area (Å²) in [6.07, 6.45) is 3.61. The van der Waals surface area contributed by atoms with Crippen molar-refractivity contribution < 1.29 is 9.53 Å². The number of carbonyl (C=O) groups excluding carboxylic acids is 1. The highest BCUT2D eigenvalue weighted by atomic mass is 16.5. The van der Waals surface area contributed by atoms with Gasteiger partial charge in [-0.3, -0.25) is 14.5 Å². The predicted molar refractivity (Wildman–Crippen MR) is 95.1 cm³/mol. The van der Waals surface area contributed by atoms with Crippen LogP contribution in [-0.2, 0) is 11.3 Å². The Balaban J connectivity index is 1.43. The number of rotatable bonds is 7. The third-order valence-electron chi connectivity index (χ3n) is 3.68. The van der Waals surface area contributed by atoms with Crippen LogP contribution >= 0.6 is 0 Å². The highest BCUT2D eigenvalue weighted by Crippen LogP contribution is 2.15. The van der Waals surface area contributed by atoms with Gasteiger partial charge in [0.05, 0.1) is 12.2 Å². The second kappa shape index (κ2) is 8.10.